The molecule has 90 valence electrons. The second-order valence-electron chi connectivity index (χ2n) is 3.80. The summed E-state index contributed by atoms with van der Waals surface area (Å²) < 4.78 is 2.94. The van der Waals surface area contributed by atoms with Crippen LogP contribution >= 0.6 is 15.9 Å². The van der Waals surface area contributed by atoms with Crippen LogP contribution in [0.5, 0.6) is 0 Å². The van der Waals surface area contributed by atoms with Crippen molar-refractivity contribution in [3.05, 3.63) is 34.6 Å². The Morgan fingerprint density at radius 3 is 2.88 bits per heavy atom. The number of aromatic nitrogens is 3. The highest BCUT2D eigenvalue weighted by molar-refractivity contribution is 9.10. The number of pyridine rings is 1. The van der Waals surface area contributed by atoms with Crippen LogP contribution in [-0.2, 0) is 13.5 Å². The highest BCUT2D eigenvalue weighted by Gasteiger charge is 2.15. The first-order chi connectivity index (χ1) is 8.24. The second-order valence-corrected chi connectivity index (χ2v) is 4.59. The van der Waals surface area contributed by atoms with E-state index in [2.05, 4.69) is 31.3 Å². The Kier molecular flexibility index (Phi) is 3.91. The van der Waals surface area contributed by atoms with E-state index in [4.69, 9.17) is 0 Å². The normalized spacial score (nSPS) is 10.8. The number of halogens is 1. The number of hydrogen-bond acceptors (Lipinski definition) is 3. The Bertz CT molecular complexity index is 493. The van der Waals surface area contributed by atoms with E-state index >= 15 is 0 Å². The van der Waals surface area contributed by atoms with Gasteiger partial charge in [0.05, 0.1) is 15.9 Å². The van der Waals surface area contributed by atoms with Gasteiger partial charge in [-0.05, 0) is 35.1 Å². The fourth-order valence-corrected chi connectivity index (χ4v) is 2.45. The molecule has 17 heavy (non-hydrogen) atoms. The SMILES string of the molecule is CNCCc1c(Br)c(-c2ccccn2)nn1C. The summed E-state index contributed by atoms with van der Waals surface area (Å²) in [7, 11) is 3.91. The van der Waals surface area contributed by atoms with Crippen LogP contribution in [0.25, 0.3) is 11.4 Å². The lowest BCUT2D eigenvalue weighted by Crippen LogP contribution is -2.12. The standard InChI is InChI=1S/C12H15BrN4/c1-14-8-6-10-11(13)12(16-17(10)2)9-5-3-4-7-15-9/h3-5,7,14H,6,8H2,1-2H3. The zero-order valence-electron chi connectivity index (χ0n) is 9.94. The van der Waals surface area contributed by atoms with Crippen LogP contribution in [0.15, 0.2) is 28.9 Å². The Morgan fingerprint density at radius 2 is 2.24 bits per heavy atom. The fourth-order valence-electron chi connectivity index (χ4n) is 1.71. The molecule has 2 aromatic rings. The first-order valence-electron chi connectivity index (χ1n) is 5.51. The molecule has 0 spiro atoms. The molecular formula is C12H15BrN4. The lowest BCUT2D eigenvalue weighted by molar-refractivity contribution is 0.681. The van der Waals surface area contributed by atoms with Crippen molar-refractivity contribution >= 4 is 15.9 Å². The van der Waals surface area contributed by atoms with Gasteiger partial charge in [0.1, 0.15) is 5.69 Å². The number of rotatable bonds is 4. The smallest absolute Gasteiger partial charge is 0.125 e. The van der Waals surface area contributed by atoms with Gasteiger partial charge in [0.2, 0.25) is 0 Å². The number of aryl methyl sites for hydroxylation is 1. The molecule has 0 radical (unpaired) electrons. The van der Waals surface area contributed by atoms with E-state index in [1.54, 1.807) is 6.20 Å². The van der Waals surface area contributed by atoms with Crippen molar-refractivity contribution in [2.45, 2.75) is 6.42 Å². The summed E-state index contributed by atoms with van der Waals surface area (Å²) >= 11 is 3.62. The van der Waals surface area contributed by atoms with Crippen molar-refractivity contribution in [2.75, 3.05) is 13.6 Å². The molecule has 5 heteroatoms. The van der Waals surface area contributed by atoms with Crippen molar-refractivity contribution in [1.29, 1.82) is 0 Å². The van der Waals surface area contributed by atoms with Gasteiger partial charge in [-0.1, -0.05) is 6.07 Å². The first-order valence-corrected chi connectivity index (χ1v) is 6.30. The topological polar surface area (TPSA) is 42.7 Å². The molecule has 0 bridgehead atoms. The fraction of sp³-hybridized carbons (Fsp3) is 0.333. The third-order valence-corrected chi connectivity index (χ3v) is 3.45. The van der Waals surface area contributed by atoms with Gasteiger partial charge in [0, 0.05) is 26.2 Å². The lowest BCUT2D eigenvalue weighted by atomic mass is 10.2. The molecule has 2 aromatic heterocycles. The molecule has 0 unspecified atom stereocenters. The average Bonchev–Trinajstić information content (AvgIpc) is 2.64. The van der Waals surface area contributed by atoms with Gasteiger partial charge in [0.25, 0.3) is 0 Å². The molecule has 0 amide bonds. The molecule has 1 N–H and O–H groups in total. The van der Waals surface area contributed by atoms with E-state index < -0.39 is 0 Å². The number of likely N-dealkylation sites (N-methyl/N-ethyl adjacent to an activating group) is 1. The monoisotopic (exact) mass is 294 g/mol. The third kappa shape index (κ3) is 2.56. The Balaban J connectivity index is 2.37. The third-order valence-electron chi connectivity index (χ3n) is 2.62. The molecule has 2 heterocycles. The minimum atomic E-state index is 0.894. The highest BCUT2D eigenvalue weighted by Crippen LogP contribution is 2.28. The van der Waals surface area contributed by atoms with Crippen LogP contribution in [0.2, 0.25) is 0 Å². The quantitative estimate of drug-likeness (QED) is 0.938. The predicted molar refractivity (Wildman–Crippen MR) is 71.8 cm³/mol. The Labute approximate surface area is 109 Å². The minimum absolute atomic E-state index is 0.894. The van der Waals surface area contributed by atoms with Gasteiger partial charge in [-0.15, -0.1) is 0 Å². The summed E-state index contributed by atoms with van der Waals surface area (Å²) in [5.74, 6) is 0. The second kappa shape index (κ2) is 5.42. The van der Waals surface area contributed by atoms with Gasteiger partial charge in [-0.25, -0.2) is 0 Å². The molecule has 0 aliphatic carbocycles. The first kappa shape index (κ1) is 12.3. The van der Waals surface area contributed by atoms with Crippen LogP contribution in [0.1, 0.15) is 5.69 Å². The van der Waals surface area contributed by atoms with Crippen LogP contribution in [0, 0.1) is 0 Å². The van der Waals surface area contributed by atoms with Crippen molar-refractivity contribution in [3.8, 4) is 11.4 Å². The molecular weight excluding hydrogens is 280 g/mol. The van der Waals surface area contributed by atoms with Crippen LogP contribution in [0.3, 0.4) is 0 Å². The molecule has 0 aliphatic heterocycles. The van der Waals surface area contributed by atoms with Crippen molar-refractivity contribution < 1.29 is 0 Å². The van der Waals surface area contributed by atoms with E-state index in [9.17, 15) is 0 Å². The van der Waals surface area contributed by atoms with E-state index in [-0.39, 0.29) is 0 Å². The van der Waals surface area contributed by atoms with Crippen molar-refractivity contribution in [3.63, 3.8) is 0 Å². The van der Waals surface area contributed by atoms with Crippen LogP contribution in [0.4, 0.5) is 0 Å². The van der Waals surface area contributed by atoms with Gasteiger partial charge in [0.15, 0.2) is 0 Å². The molecule has 0 atom stereocenters. The summed E-state index contributed by atoms with van der Waals surface area (Å²) in [4.78, 5) is 4.32. The van der Waals surface area contributed by atoms with Crippen molar-refractivity contribution in [1.82, 2.24) is 20.1 Å². The number of nitrogens with one attached hydrogen (secondary N) is 1. The maximum absolute atomic E-state index is 4.51. The predicted octanol–water partition coefficient (Wildman–Crippen LogP) is 2.01. The van der Waals surface area contributed by atoms with Crippen LogP contribution in [-0.4, -0.2) is 28.4 Å². The zero-order chi connectivity index (χ0) is 12.3. The maximum atomic E-state index is 4.51. The summed E-state index contributed by atoms with van der Waals surface area (Å²) in [5, 5.41) is 7.65. The van der Waals surface area contributed by atoms with Gasteiger partial charge in [-0.3, -0.25) is 9.67 Å². The zero-order valence-corrected chi connectivity index (χ0v) is 11.5. The Hall–Kier alpha value is -1.20. The molecule has 0 saturated heterocycles. The van der Waals surface area contributed by atoms with Gasteiger partial charge in [-0.2, -0.15) is 5.10 Å². The van der Waals surface area contributed by atoms with Gasteiger partial charge < -0.3 is 5.32 Å². The van der Waals surface area contributed by atoms with E-state index in [1.165, 1.54) is 5.69 Å². The van der Waals surface area contributed by atoms with Gasteiger partial charge >= 0.3 is 0 Å². The number of nitrogens with zero attached hydrogens (tertiary/aromatic N) is 3. The molecule has 4 nitrogen and oxygen atoms in total. The summed E-state index contributed by atoms with van der Waals surface area (Å²) in [6.07, 6.45) is 2.72. The average molecular weight is 295 g/mol. The summed E-state index contributed by atoms with van der Waals surface area (Å²) in [6, 6.07) is 5.84. The minimum Gasteiger partial charge on any atom is -0.319 e. The lowest BCUT2D eigenvalue weighted by Gasteiger charge is -2.01. The molecule has 0 aliphatic rings. The molecule has 0 aromatic carbocycles. The molecule has 0 fully saturated rings. The van der Waals surface area contributed by atoms with E-state index in [0.717, 1.165) is 28.8 Å². The van der Waals surface area contributed by atoms with E-state index in [0.29, 0.717) is 0 Å². The number of hydrogen-bond donors (Lipinski definition) is 1. The Morgan fingerprint density at radius 1 is 1.41 bits per heavy atom. The van der Waals surface area contributed by atoms with E-state index in [1.807, 2.05) is 37.0 Å². The summed E-state index contributed by atoms with van der Waals surface area (Å²) in [5.41, 5.74) is 2.98. The molecule has 0 saturated carbocycles. The largest absolute Gasteiger partial charge is 0.319 e. The maximum Gasteiger partial charge on any atom is 0.125 e. The van der Waals surface area contributed by atoms with Crippen molar-refractivity contribution in [2.24, 2.45) is 7.05 Å². The van der Waals surface area contributed by atoms with Crippen LogP contribution < -0.4 is 5.32 Å². The molecule has 2 rings (SSSR count). The highest BCUT2D eigenvalue weighted by atomic mass is 79.9. The summed E-state index contributed by atoms with van der Waals surface area (Å²) in [6.45, 7) is 0.930.